The number of para-hydroxylation sites is 2. The topological polar surface area (TPSA) is 108 Å². The number of carbonyl (C=O) groups excluding carboxylic acids is 2. The van der Waals surface area contributed by atoms with Crippen molar-refractivity contribution < 1.29 is 19.5 Å². The van der Waals surface area contributed by atoms with Crippen molar-refractivity contribution in [3.05, 3.63) is 84.4 Å². The van der Waals surface area contributed by atoms with Gasteiger partial charge in [0.15, 0.2) is 0 Å². The van der Waals surface area contributed by atoms with Gasteiger partial charge in [-0.15, -0.1) is 0 Å². The molecule has 0 fully saturated rings. The SMILES string of the molecule is O=C(O)CCC(=O)Nc1ccccc1C(=O)Nc1ccc(Nc2ccccc2)cc1. The van der Waals surface area contributed by atoms with Crippen LogP contribution in [0.2, 0.25) is 0 Å². The Bertz CT molecular complexity index is 1030. The molecule has 0 spiro atoms. The van der Waals surface area contributed by atoms with Gasteiger partial charge >= 0.3 is 5.97 Å². The quantitative estimate of drug-likeness (QED) is 0.443. The van der Waals surface area contributed by atoms with Gasteiger partial charge in [-0.2, -0.15) is 0 Å². The first-order chi connectivity index (χ1) is 14.5. The molecule has 152 valence electrons. The van der Waals surface area contributed by atoms with Crippen molar-refractivity contribution >= 4 is 40.5 Å². The Labute approximate surface area is 173 Å². The van der Waals surface area contributed by atoms with E-state index in [0.717, 1.165) is 11.4 Å². The number of hydrogen-bond donors (Lipinski definition) is 4. The summed E-state index contributed by atoms with van der Waals surface area (Å²) in [6.07, 6.45) is -0.440. The second-order valence-electron chi connectivity index (χ2n) is 6.51. The maximum atomic E-state index is 12.7. The van der Waals surface area contributed by atoms with E-state index in [1.165, 1.54) is 0 Å². The van der Waals surface area contributed by atoms with Crippen molar-refractivity contribution in [3.8, 4) is 0 Å². The summed E-state index contributed by atoms with van der Waals surface area (Å²) < 4.78 is 0. The summed E-state index contributed by atoms with van der Waals surface area (Å²) in [5.74, 6) is -1.90. The highest BCUT2D eigenvalue weighted by molar-refractivity contribution is 6.10. The molecule has 0 aromatic heterocycles. The molecule has 4 N–H and O–H groups in total. The number of anilines is 4. The molecule has 3 rings (SSSR count). The normalized spacial score (nSPS) is 10.1. The van der Waals surface area contributed by atoms with Gasteiger partial charge in [0.25, 0.3) is 5.91 Å². The number of carbonyl (C=O) groups is 3. The summed E-state index contributed by atoms with van der Waals surface area (Å²) in [5, 5.41) is 17.4. The van der Waals surface area contributed by atoms with Gasteiger partial charge in [0.2, 0.25) is 5.91 Å². The molecule has 3 aromatic rings. The third-order valence-corrected chi connectivity index (χ3v) is 4.22. The minimum Gasteiger partial charge on any atom is -0.481 e. The van der Waals surface area contributed by atoms with Gasteiger partial charge in [-0.05, 0) is 48.5 Å². The van der Waals surface area contributed by atoms with E-state index in [1.807, 2.05) is 42.5 Å². The van der Waals surface area contributed by atoms with Crippen molar-refractivity contribution in [2.75, 3.05) is 16.0 Å². The third-order valence-electron chi connectivity index (χ3n) is 4.22. The standard InChI is InChI=1S/C23H21N3O4/c27-21(14-15-22(28)29)26-20-9-5-4-8-19(20)23(30)25-18-12-10-17(11-13-18)24-16-6-2-1-3-7-16/h1-13,24H,14-15H2,(H,25,30)(H,26,27)(H,28,29). The van der Waals surface area contributed by atoms with Crippen LogP contribution >= 0.6 is 0 Å². The average Bonchev–Trinajstić information content (AvgIpc) is 2.75. The Kier molecular flexibility index (Phi) is 6.78. The highest BCUT2D eigenvalue weighted by atomic mass is 16.4. The minimum absolute atomic E-state index is 0.166. The van der Waals surface area contributed by atoms with Gasteiger partial charge in [0.05, 0.1) is 17.7 Å². The molecule has 0 atom stereocenters. The Hall–Kier alpha value is -4.13. The summed E-state index contributed by atoms with van der Waals surface area (Å²) in [4.78, 5) is 35.2. The molecule has 30 heavy (non-hydrogen) atoms. The third kappa shape index (κ3) is 5.93. The summed E-state index contributed by atoms with van der Waals surface area (Å²) >= 11 is 0. The van der Waals surface area contributed by atoms with Gasteiger partial charge in [0, 0.05) is 23.5 Å². The number of carboxylic acids is 1. The first-order valence-corrected chi connectivity index (χ1v) is 9.35. The molecular weight excluding hydrogens is 382 g/mol. The van der Waals surface area contributed by atoms with Crippen molar-refractivity contribution in [1.82, 2.24) is 0 Å². The van der Waals surface area contributed by atoms with E-state index in [2.05, 4.69) is 16.0 Å². The molecule has 0 aliphatic heterocycles. The van der Waals surface area contributed by atoms with Crippen molar-refractivity contribution in [2.45, 2.75) is 12.8 Å². The highest BCUT2D eigenvalue weighted by Gasteiger charge is 2.14. The van der Waals surface area contributed by atoms with Gasteiger partial charge < -0.3 is 21.1 Å². The molecule has 0 aliphatic rings. The van der Waals surface area contributed by atoms with Gasteiger partial charge in [-0.1, -0.05) is 30.3 Å². The average molecular weight is 403 g/mol. The Morgan fingerprint density at radius 2 is 1.27 bits per heavy atom. The maximum absolute atomic E-state index is 12.7. The lowest BCUT2D eigenvalue weighted by Gasteiger charge is -2.12. The Morgan fingerprint density at radius 1 is 0.667 bits per heavy atom. The van der Waals surface area contributed by atoms with Crippen LogP contribution in [0.5, 0.6) is 0 Å². The molecule has 0 radical (unpaired) electrons. The van der Waals surface area contributed by atoms with Crippen molar-refractivity contribution in [3.63, 3.8) is 0 Å². The van der Waals surface area contributed by atoms with Crippen molar-refractivity contribution in [1.29, 1.82) is 0 Å². The van der Waals surface area contributed by atoms with Crippen LogP contribution in [0.15, 0.2) is 78.9 Å². The van der Waals surface area contributed by atoms with E-state index in [4.69, 9.17) is 5.11 Å². The zero-order valence-corrected chi connectivity index (χ0v) is 16.1. The fourth-order valence-electron chi connectivity index (χ4n) is 2.75. The lowest BCUT2D eigenvalue weighted by atomic mass is 10.1. The van der Waals surface area contributed by atoms with Crippen LogP contribution in [0.3, 0.4) is 0 Å². The van der Waals surface area contributed by atoms with E-state index in [0.29, 0.717) is 11.4 Å². The number of carboxylic acid groups (broad SMARTS) is 1. The highest BCUT2D eigenvalue weighted by Crippen LogP contribution is 2.21. The largest absolute Gasteiger partial charge is 0.481 e. The second kappa shape index (κ2) is 9.88. The van der Waals surface area contributed by atoms with E-state index in [-0.39, 0.29) is 24.3 Å². The first kappa shape index (κ1) is 20.6. The Morgan fingerprint density at radius 3 is 1.97 bits per heavy atom. The fraction of sp³-hybridized carbons (Fsp3) is 0.0870. The summed E-state index contributed by atoms with van der Waals surface area (Å²) in [5.41, 5.74) is 3.05. The molecular formula is C23H21N3O4. The number of nitrogens with one attached hydrogen (secondary N) is 3. The molecule has 0 heterocycles. The number of benzene rings is 3. The number of amides is 2. The van der Waals surface area contributed by atoms with E-state index >= 15 is 0 Å². The van der Waals surface area contributed by atoms with Crippen molar-refractivity contribution in [2.24, 2.45) is 0 Å². The molecule has 0 saturated heterocycles. The van der Waals surface area contributed by atoms with E-state index in [9.17, 15) is 14.4 Å². The molecule has 7 nitrogen and oxygen atoms in total. The summed E-state index contributed by atoms with van der Waals surface area (Å²) in [6, 6.07) is 23.5. The van der Waals surface area contributed by atoms with Crippen LogP contribution in [0.4, 0.5) is 22.7 Å². The predicted octanol–water partition coefficient (Wildman–Crippen LogP) is 4.49. The van der Waals surface area contributed by atoms with Crippen LogP contribution in [0.1, 0.15) is 23.2 Å². The zero-order chi connectivity index (χ0) is 21.3. The smallest absolute Gasteiger partial charge is 0.303 e. The lowest BCUT2D eigenvalue weighted by molar-refractivity contribution is -0.138. The molecule has 0 unspecified atom stereocenters. The molecule has 0 aliphatic carbocycles. The molecule has 2 amide bonds. The van der Waals surface area contributed by atoms with Crippen LogP contribution in [0.25, 0.3) is 0 Å². The molecule has 0 saturated carbocycles. The minimum atomic E-state index is -1.05. The predicted molar refractivity (Wildman–Crippen MR) is 116 cm³/mol. The summed E-state index contributed by atoms with van der Waals surface area (Å²) in [7, 11) is 0. The summed E-state index contributed by atoms with van der Waals surface area (Å²) in [6.45, 7) is 0. The fourth-order valence-corrected chi connectivity index (χ4v) is 2.75. The monoisotopic (exact) mass is 403 g/mol. The lowest BCUT2D eigenvalue weighted by Crippen LogP contribution is -2.18. The number of aliphatic carboxylic acids is 1. The molecule has 3 aromatic carbocycles. The molecule has 0 bridgehead atoms. The van der Waals surface area contributed by atoms with Gasteiger partial charge in [-0.3, -0.25) is 14.4 Å². The Balaban J connectivity index is 1.64. The number of rotatable bonds is 8. The maximum Gasteiger partial charge on any atom is 0.303 e. The first-order valence-electron chi connectivity index (χ1n) is 9.35. The van der Waals surface area contributed by atoms with Crippen LogP contribution in [0, 0.1) is 0 Å². The van der Waals surface area contributed by atoms with Gasteiger partial charge in [0.1, 0.15) is 0 Å². The second-order valence-corrected chi connectivity index (χ2v) is 6.51. The van der Waals surface area contributed by atoms with Crippen LogP contribution in [-0.2, 0) is 9.59 Å². The zero-order valence-electron chi connectivity index (χ0n) is 16.1. The van der Waals surface area contributed by atoms with E-state index < -0.39 is 11.9 Å². The van der Waals surface area contributed by atoms with Crippen LogP contribution in [-0.4, -0.2) is 22.9 Å². The number of hydrogen-bond acceptors (Lipinski definition) is 4. The van der Waals surface area contributed by atoms with Crippen LogP contribution < -0.4 is 16.0 Å². The molecule has 7 heteroatoms. The van der Waals surface area contributed by atoms with E-state index in [1.54, 1.807) is 36.4 Å². The van der Waals surface area contributed by atoms with Gasteiger partial charge in [-0.25, -0.2) is 0 Å².